The van der Waals surface area contributed by atoms with Gasteiger partial charge in [0.1, 0.15) is 0 Å². The number of piperidine rings is 1. The molecular weight excluding hydrogens is 244 g/mol. The maximum Gasteiger partial charge on any atom is 0.0396 e. The van der Waals surface area contributed by atoms with Gasteiger partial charge in [-0.2, -0.15) is 0 Å². The Morgan fingerprint density at radius 3 is 2.45 bits per heavy atom. The summed E-state index contributed by atoms with van der Waals surface area (Å²) in [5, 5.41) is 0. The van der Waals surface area contributed by atoms with E-state index in [0.717, 1.165) is 12.8 Å². The highest BCUT2D eigenvalue weighted by molar-refractivity contribution is 5.55. The van der Waals surface area contributed by atoms with Crippen molar-refractivity contribution < 1.29 is 0 Å². The van der Waals surface area contributed by atoms with Gasteiger partial charge >= 0.3 is 0 Å². The van der Waals surface area contributed by atoms with Crippen LogP contribution in [0.5, 0.6) is 0 Å². The first-order valence-corrected chi connectivity index (χ1v) is 8.01. The molecule has 1 saturated heterocycles. The van der Waals surface area contributed by atoms with Crippen molar-refractivity contribution in [1.29, 1.82) is 0 Å². The quantitative estimate of drug-likeness (QED) is 0.902. The summed E-state index contributed by atoms with van der Waals surface area (Å²) in [5.74, 6) is 0. The molecule has 0 saturated carbocycles. The van der Waals surface area contributed by atoms with Crippen LogP contribution in [-0.2, 0) is 6.42 Å². The summed E-state index contributed by atoms with van der Waals surface area (Å²) < 4.78 is 0. The van der Waals surface area contributed by atoms with Gasteiger partial charge in [-0.3, -0.25) is 0 Å². The molecule has 112 valence electrons. The van der Waals surface area contributed by atoms with Gasteiger partial charge in [0.25, 0.3) is 0 Å². The van der Waals surface area contributed by atoms with Crippen molar-refractivity contribution in [2.75, 3.05) is 18.0 Å². The predicted molar refractivity (Wildman–Crippen MR) is 88.4 cm³/mol. The monoisotopic (exact) mass is 274 g/mol. The molecule has 0 spiro atoms. The highest BCUT2D eigenvalue weighted by Crippen LogP contribution is 2.33. The molecule has 20 heavy (non-hydrogen) atoms. The molecule has 2 rings (SSSR count). The third-order valence-corrected chi connectivity index (χ3v) is 4.74. The lowest BCUT2D eigenvalue weighted by Crippen LogP contribution is -2.37. The van der Waals surface area contributed by atoms with Gasteiger partial charge in [0.15, 0.2) is 0 Å². The fourth-order valence-corrected chi connectivity index (χ4v) is 3.00. The average Bonchev–Trinajstić information content (AvgIpc) is 2.39. The SMILES string of the molecule is CCC(N)Cc1ccc(N2CCC(C)(C)CC2)c(C)c1. The second-order valence-electron chi connectivity index (χ2n) is 7.14. The van der Waals surface area contributed by atoms with Gasteiger partial charge in [0.2, 0.25) is 0 Å². The zero-order chi connectivity index (χ0) is 14.8. The van der Waals surface area contributed by atoms with E-state index in [1.807, 2.05) is 0 Å². The summed E-state index contributed by atoms with van der Waals surface area (Å²) in [4.78, 5) is 2.55. The van der Waals surface area contributed by atoms with Crippen LogP contribution >= 0.6 is 0 Å². The number of anilines is 1. The lowest BCUT2D eigenvalue weighted by atomic mass is 9.82. The minimum atomic E-state index is 0.288. The smallest absolute Gasteiger partial charge is 0.0396 e. The van der Waals surface area contributed by atoms with Crippen molar-refractivity contribution in [2.24, 2.45) is 11.1 Å². The molecule has 1 fully saturated rings. The van der Waals surface area contributed by atoms with Crippen molar-refractivity contribution in [1.82, 2.24) is 0 Å². The van der Waals surface area contributed by atoms with Crippen LogP contribution in [0.1, 0.15) is 51.2 Å². The molecule has 0 aromatic heterocycles. The molecule has 1 heterocycles. The van der Waals surface area contributed by atoms with Crippen molar-refractivity contribution >= 4 is 5.69 Å². The average molecular weight is 274 g/mol. The molecule has 1 aliphatic heterocycles. The topological polar surface area (TPSA) is 29.3 Å². The lowest BCUT2D eigenvalue weighted by molar-refractivity contribution is 0.279. The van der Waals surface area contributed by atoms with Crippen molar-refractivity contribution in [3.05, 3.63) is 29.3 Å². The second kappa shape index (κ2) is 6.17. The summed E-state index contributed by atoms with van der Waals surface area (Å²) in [6, 6.07) is 7.17. The Balaban J connectivity index is 2.06. The molecule has 0 bridgehead atoms. The van der Waals surface area contributed by atoms with Gasteiger partial charge < -0.3 is 10.6 Å². The molecule has 2 N–H and O–H groups in total. The van der Waals surface area contributed by atoms with Crippen LogP contribution in [0, 0.1) is 12.3 Å². The molecule has 0 aliphatic carbocycles. The molecule has 1 unspecified atom stereocenters. The minimum Gasteiger partial charge on any atom is -0.371 e. The number of nitrogens with two attached hydrogens (primary N) is 1. The van der Waals surface area contributed by atoms with Crippen LogP contribution in [0.15, 0.2) is 18.2 Å². The summed E-state index contributed by atoms with van der Waals surface area (Å²) in [5.41, 5.74) is 10.7. The van der Waals surface area contributed by atoms with Crippen molar-refractivity contribution in [2.45, 2.75) is 59.4 Å². The predicted octanol–water partition coefficient (Wildman–Crippen LogP) is 3.90. The van der Waals surface area contributed by atoms with E-state index in [0.29, 0.717) is 5.41 Å². The third-order valence-electron chi connectivity index (χ3n) is 4.74. The van der Waals surface area contributed by atoms with E-state index in [1.165, 1.54) is 42.7 Å². The largest absolute Gasteiger partial charge is 0.371 e. The van der Waals surface area contributed by atoms with E-state index < -0.39 is 0 Å². The van der Waals surface area contributed by atoms with Crippen LogP contribution in [0.3, 0.4) is 0 Å². The zero-order valence-electron chi connectivity index (χ0n) is 13.6. The number of rotatable bonds is 4. The number of benzene rings is 1. The third kappa shape index (κ3) is 3.76. The second-order valence-corrected chi connectivity index (χ2v) is 7.14. The van der Waals surface area contributed by atoms with E-state index in [4.69, 9.17) is 5.73 Å². The van der Waals surface area contributed by atoms with Crippen LogP contribution in [0.25, 0.3) is 0 Å². The van der Waals surface area contributed by atoms with Gasteiger partial charge in [0.05, 0.1) is 0 Å². The Labute approximate surface area is 124 Å². The molecule has 1 aliphatic rings. The Bertz CT molecular complexity index is 441. The van der Waals surface area contributed by atoms with E-state index in [2.05, 4.69) is 50.8 Å². The fourth-order valence-electron chi connectivity index (χ4n) is 3.00. The standard InChI is InChI=1S/C18H30N2/c1-5-16(19)13-15-6-7-17(14(2)12-15)20-10-8-18(3,4)9-11-20/h6-7,12,16H,5,8-11,13,19H2,1-4H3. The Morgan fingerprint density at radius 1 is 1.25 bits per heavy atom. The van der Waals surface area contributed by atoms with E-state index in [1.54, 1.807) is 0 Å². The minimum absolute atomic E-state index is 0.288. The molecule has 1 aromatic carbocycles. The maximum absolute atomic E-state index is 6.06. The van der Waals surface area contributed by atoms with E-state index in [-0.39, 0.29) is 6.04 Å². The summed E-state index contributed by atoms with van der Waals surface area (Å²) in [6.07, 6.45) is 4.61. The Kier molecular flexibility index (Phi) is 4.74. The molecular formula is C18H30N2. The Morgan fingerprint density at radius 2 is 1.90 bits per heavy atom. The lowest BCUT2D eigenvalue weighted by Gasteiger charge is -2.39. The summed E-state index contributed by atoms with van der Waals surface area (Å²) in [7, 11) is 0. The molecule has 0 amide bonds. The van der Waals surface area contributed by atoms with E-state index in [9.17, 15) is 0 Å². The van der Waals surface area contributed by atoms with Gasteiger partial charge in [-0.05, 0) is 55.2 Å². The highest BCUT2D eigenvalue weighted by Gasteiger charge is 2.25. The molecule has 0 radical (unpaired) electrons. The number of hydrogen-bond acceptors (Lipinski definition) is 2. The van der Waals surface area contributed by atoms with Crippen LogP contribution in [-0.4, -0.2) is 19.1 Å². The molecule has 2 heteroatoms. The number of hydrogen-bond donors (Lipinski definition) is 1. The van der Waals surface area contributed by atoms with Gasteiger partial charge in [-0.1, -0.05) is 32.9 Å². The van der Waals surface area contributed by atoms with Crippen molar-refractivity contribution in [3.8, 4) is 0 Å². The first kappa shape index (κ1) is 15.4. The molecule has 1 atom stereocenters. The first-order chi connectivity index (χ1) is 9.41. The fraction of sp³-hybridized carbons (Fsp3) is 0.667. The zero-order valence-corrected chi connectivity index (χ0v) is 13.6. The van der Waals surface area contributed by atoms with Crippen molar-refractivity contribution in [3.63, 3.8) is 0 Å². The first-order valence-electron chi connectivity index (χ1n) is 8.01. The highest BCUT2D eigenvalue weighted by atomic mass is 15.1. The van der Waals surface area contributed by atoms with E-state index >= 15 is 0 Å². The number of aryl methyl sites for hydroxylation is 1. The van der Waals surface area contributed by atoms with Gasteiger partial charge in [-0.15, -0.1) is 0 Å². The summed E-state index contributed by atoms with van der Waals surface area (Å²) in [6.45, 7) is 11.5. The number of nitrogens with zero attached hydrogens (tertiary/aromatic N) is 1. The van der Waals surface area contributed by atoms with Crippen LogP contribution in [0.4, 0.5) is 5.69 Å². The normalized spacial score (nSPS) is 19.9. The Hall–Kier alpha value is -1.02. The van der Waals surface area contributed by atoms with Gasteiger partial charge in [-0.25, -0.2) is 0 Å². The maximum atomic E-state index is 6.06. The molecule has 1 aromatic rings. The van der Waals surface area contributed by atoms with Crippen LogP contribution < -0.4 is 10.6 Å². The molecule has 2 nitrogen and oxygen atoms in total. The summed E-state index contributed by atoms with van der Waals surface area (Å²) >= 11 is 0. The van der Waals surface area contributed by atoms with Crippen LogP contribution in [0.2, 0.25) is 0 Å². The van der Waals surface area contributed by atoms with Gasteiger partial charge in [0, 0.05) is 24.8 Å².